The summed E-state index contributed by atoms with van der Waals surface area (Å²) in [6.07, 6.45) is 5.81. The smallest absolute Gasteiger partial charge is 0.193 e. The van der Waals surface area contributed by atoms with Gasteiger partial charge < -0.3 is 5.32 Å². The van der Waals surface area contributed by atoms with Gasteiger partial charge in [0, 0.05) is 35.9 Å². The van der Waals surface area contributed by atoms with E-state index in [2.05, 4.69) is 31.1 Å². The monoisotopic (exact) mass is 442 g/mol. The third-order valence-corrected chi connectivity index (χ3v) is 6.28. The van der Waals surface area contributed by atoms with Crippen molar-refractivity contribution in [2.45, 2.75) is 59.3 Å². The van der Waals surface area contributed by atoms with Gasteiger partial charge in [0.1, 0.15) is 0 Å². The Morgan fingerprint density at radius 2 is 1.79 bits per heavy atom. The number of rotatable bonds is 7. The molecule has 5 heteroatoms. The topological polar surface area (TPSA) is 75.6 Å². The van der Waals surface area contributed by atoms with Gasteiger partial charge in [-0.2, -0.15) is 0 Å². The zero-order chi connectivity index (χ0) is 23.6. The fourth-order valence-corrected chi connectivity index (χ4v) is 4.59. The number of carbonyl (C=O) groups excluding carboxylic acids is 3. The number of unbranched alkanes of at least 4 members (excludes halogenated alkanes) is 2. The summed E-state index contributed by atoms with van der Waals surface area (Å²) >= 11 is 0. The highest BCUT2D eigenvalue weighted by molar-refractivity contribution is 6.21. The molecule has 5 nitrogen and oxygen atoms in total. The number of nitrogens with zero attached hydrogens (tertiary/aromatic N) is 1. The maximum Gasteiger partial charge on any atom is 0.193 e. The molecule has 0 saturated carbocycles. The molecule has 2 aliphatic rings. The summed E-state index contributed by atoms with van der Waals surface area (Å²) < 4.78 is 0. The molecular weight excluding hydrogens is 412 g/mol. The highest BCUT2D eigenvalue weighted by Crippen LogP contribution is 2.42. The molecule has 0 aromatic heterocycles. The van der Waals surface area contributed by atoms with Gasteiger partial charge in [-0.05, 0) is 30.4 Å². The second-order valence-corrected chi connectivity index (χ2v) is 9.67. The quantitative estimate of drug-likeness (QED) is 0.395. The lowest BCUT2D eigenvalue weighted by Crippen LogP contribution is -2.28. The molecule has 33 heavy (non-hydrogen) atoms. The molecule has 0 amide bonds. The molecule has 0 unspecified atom stereocenters. The Bertz CT molecular complexity index is 1170. The van der Waals surface area contributed by atoms with Crippen molar-refractivity contribution < 1.29 is 14.4 Å². The minimum Gasteiger partial charge on any atom is -0.356 e. The summed E-state index contributed by atoms with van der Waals surface area (Å²) in [6, 6.07) is 12.4. The Balaban J connectivity index is 1.84. The first-order valence-electron chi connectivity index (χ1n) is 11.7. The van der Waals surface area contributed by atoms with E-state index in [1.165, 1.54) is 0 Å². The van der Waals surface area contributed by atoms with Gasteiger partial charge >= 0.3 is 0 Å². The number of nitrogens with one attached hydrogen (secondary N) is 1. The zero-order valence-corrected chi connectivity index (χ0v) is 19.5. The van der Waals surface area contributed by atoms with Gasteiger partial charge in [0.25, 0.3) is 0 Å². The van der Waals surface area contributed by atoms with Crippen LogP contribution in [-0.4, -0.2) is 23.6 Å². The van der Waals surface area contributed by atoms with Crippen LogP contribution in [0.2, 0.25) is 0 Å². The van der Waals surface area contributed by atoms with Crippen molar-refractivity contribution in [1.82, 2.24) is 0 Å². The van der Waals surface area contributed by atoms with Crippen molar-refractivity contribution in [1.29, 1.82) is 0 Å². The highest BCUT2D eigenvalue weighted by Gasteiger charge is 2.35. The molecule has 0 fully saturated rings. The van der Waals surface area contributed by atoms with Crippen LogP contribution < -0.4 is 5.32 Å². The molecule has 0 bridgehead atoms. The van der Waals surface area contributed by atoms with E-state index in [9.17, 15) is 14.4 Å². The van der Waals surface area contributed by atoms with Crippen LogP contribution in [0.15, 0.2) is 58.7 Å². The van der Waals surface area contributed by atoms with Crippen molar-refractivity contribution in [3.63, 3.8) is 0 Å². The fourth-order valence-electron chi connectivity index (χ4n) is 4.59. The van der Waals surface area contributed by atoms with Gasteiger partial charge in [-0.15, -0.1) is 0 Å². The second kappa shape index (κ2) is 9.26. The first kappa shape index (κ1) is 22.8. The Morgan fingerprint density at radius 3 is 2.52 bits per heavy atom. The number of anilines is 1. The number of hydrogen-bond acceptors (Lipinski definition) is 5. The highest BCUT2D eigenvalue weighted by atomic mass is 16.1. The van der Waals surface area contributed by atoms with Crippen molar-refractivity contribution in [2.24, 2.45) is 10.4 Å². The number of benzene rings is 2. The third-order valence-electron chi connectivity index (χ3n) is 6.28. The van der Waals surface area contributed by atoms with Crippen LogP contribution in [0.1, 0.15) is 85.6 Å². The summed E-state index contributed by atoms with van der Waals surface area (Å²) in [5.74, 6) is -0.226. The van der Waals surface area contributed by atoms with Gasteiger partial charge in [-0.3, -0.25) is 19.4 Å². The van der Waals surface area contributed by atoms with E-state index in [4.69, 9.17) is 0 Å². The summed E-state index contributed by atoms with van der Waals surface area (Å²) in [4.78, 5) is 44.3. The Kier molecular flexibility index (Phi) is 6.41. The van der Waals surface area contributed by atoms with Gasteiger partial charge in [0.15, 0.2) is 17.3 Å². The van der Waals surface area contributed by atoms with E-state index in [0.717, 1.165) is 25.0 Å². The van der Waals surface area contributed by atoms with E-state index >= 15 is 0 Å². The molecule has 0 atom stereocenters. The van der Waals surface area contributed by atoms with Crippen LogP contribution in [-0.2, 0) is 4.79 Å². The molecule has 0 spiro atoms. The Labute approximate surface area is 195 Å². The second-order valence-electron chi connectivity index (χ2n) is 9.67. The van der Waals surface area contributed by atoms with E-state index < -0.39 is 0 Å². The molecule has 1 N–H and O–H groups in total. The molecule has 1 aliphatic carbocycles. The van der Waals surface area contributed by atoms with Crippen LogP contribution in [0.4, 0.5) is 11.4 Å². The minimum absolute atomic E-state index is 0.0433. The average Bonchev–Trinajstić information content (AvgIpc) is 2.97. The van der Waals surface area contributed by atoms with Gasteiger partial charge in [0.2, 0.25) is 0 Å². The van der Waals surface area contributed by atoms with E-state index in [-0.39, 0.29) is 22.8 Å². The number of ketones is 3. The van der Waals surface area contributed by atoms with Crippen LogP contribution in [0.5, 0.6) is 0 Å². The summed E-state index contributed by atoms with van der Waals surface area (Å²) in [6.45, 7) is 6.21. The molecule has 0 radical (unpaired) electrons. The van der Waals surface area contributed by atoms with Crippen LogP contribution in [0.25, 0.3) is 0 Å². The number of Topliss-reactive ketones (excluding diaryl/α,β-unsaturated/α-hetero) is 2. The number of hydrogen-bond donors (Lipinski definition) is 1. The summed E-state index contributed by atoms with van der Waals surface area (Å²) in [5, 5.41) is 3.39. The van der Waals surface area contributed by atoms with Crippen molar-refractivity contribution in [3.05, 3.63) is 70.4 Å². The third kappa shape index (κ3) is 4.72. The maximum absolute atomic E-state index is 13.5. The number of aliphatic imine (C=N–C) groups is 1. The largest absolute Gasteiger partial charge is 0.356 e. The van der Waals surface area contributed by atoms with Crippen molar-refractivity contribution in [2.75, 3.05) is 5.32 Å². The molecule has 1 aliphatic heterocycles. The average molecular weight is 443 g/mol. The Hall–Kier alpha value is -3.34. The number of fused-ring (bicyclic) bond motifs is 1. The fraction of sp³-hybridized carbons (Fsp3) is 0.357. The zero-order valence-electron chi connectivity index (χ0n) is 19.5. The van der Waals surface area contributed by atoms with E-state index in [1.807, 2.05) is 18.2 Å². The molecule has 4 rings (SSSR count). The SMILES string of the molecule is CCCCCC(=O)c1c(C(=O)c2ccccc2)ccc2c1NC1=C(C=N2)C(=O)CC(C)(C)C1. The van der Waals surface area contributed by atoms with Crippen molar-refractivity contribution >= 4 is 34.9 Å². The lowest BCUT2D eigenvalue weighted by atomic mass is 9.76. The minimum atomic E-state index is -0.193. The lowest BCUT2D eigenvalue weighted by Gasteiger charge is -2.31. The molecule has 2 aromatic carbocycles. The number of allylic oxidation sites excluding steroid dienone is 2. The van der Waals surface area contributed by atoms with E-state index in [0.29, 0.717) is 52.9 Å². The molecular formula is C28H30N2O3. The normalized spacial score (nSPS) is 16.5. The van der Waals surface area contributed by atoms with Crippen LogP contribution in [0.3, 0.4) is 0 Å². The first-order valence-corrected chi connectivity index (χ1v) is 11.7. The molecule has 1 heterocycles. The predicted molar refractivity (Wildman–Crippen MR) is 132 cm³/mol. The first-order chi connectivity index (χ1) is 15.8. The molecule has 170 valence electrons. The van der Waals surface area contributed by atoms with E-state index in [1.54, 1.807) is 30.5 Å². The summed E-state index contributed by atoms with van der Waals surface area (Å²) in [7, 11) is 0. The Morgan fingerprint density at radius 1 is 1.03 bits per heavy atom. The van der Waals surface area contributed by atoms with Gasteiger partial charge in [-0.1, -0.05) is 63.9 Å². The van der Waals surface area contributed by atoms with Crippen LogP contribution in [0, 0.1) is 5.41 Å². The lowest BCUT2D eigenvalue weighted by molar-refractivity contribution is -0.117. The van der Waals surface area contributed by atoms with Crippen LogP contribution >= 0.6 is 0 Å². The summed E-state index contributed by atoms with van der Waals surface area (Å²) in [5.41, 5.74) is 3.52. The van der Waals surface area contributed by atoms with Gasteiger partial charge in [-0.25, -0.2) is 0 Å². The maximum atomic E-state index is 13.5. The predicted octanol–water partition coefficient (Wildman–Crippen LogP) is 6.45. The number of carbonyl (C=O) groups is 3. The standard InChI is InChI=1S/C28H30N2O3/c1-4-5-7-12-23(31)25-19(27(33)18-10-8-6-9-11-18)13-14-21-26(25)30-22-15-28(2,3)16-24(32)20(22)17-29-21/h6,8-11,13-14,17,30H,4-5,7,12,15-16H2,1-3H3. The van der Waals surface area contributed by atoms with Crippen molar-refractivity contribution in [3.8, 4) is 0 Å². The molecule has 0 saturated heterocycles. The molecule has 2 aromatic rings. The van der Waals surface area contributed by atoms with Gasteiger partial charge in [0.05, 0.1) is 22.5 Å².